The van der Waals surface area contributed by atoms with E-state index in [1.807, 2.05) is 0 Å². The number of hydrogen-bond acceptors (Lipinski definition) is 2. The first-order valence-corrected chi connectivity index (χ1v) is 7.80. The van der Waals surface area contributed by atoms with E-state index in [4.69, 9.17) is 23.2 Å². The number of carbonyl (C=O) groups is 2. The fourth-order valence-electron chi connectivity index (χ4n) is 1.83. The fraction of sp³-hybridized carbons (Fsp3) is 0.176. The Labute approximate surface area is 149 Å². The van der Waals surface area contributed by atoms with Gasteiger partial charge in [0.1, 0.15) is 11.2 Å². The lowest BCUT2D eigenvalue weighted by Crippen LogP contribution is -2.41. The maximum absolute atomic E-state index is 13.6. The molecule has 0 saturated carbocycles. The van der Waals surface area contributed by atoms with Crippen molar-refractivity contribution in [3.8, 4) is 0 Å². The van der Waals surface area contributed by atoms with E-state index in [0.29, 0.717) is 0 Å². The third-order valence-electron chi connectivity index (χ3n) is 3.46. The minimum Gasteiger partial charge on any atom is -0.323 e. The predicted octanol–water partition coefficient (Wildman–Crippen LogP) is 4.74. The molecule has 4 nitrogen and oxygen atoms in total. The maximum Gasteiger partial charge on any atom is 0.239 e. The molecule has 2 rings (SSSR count). The molecular formula is C17H15Cl2FN2O2. The molecule has 24 heavy (non-hydrogen) atoms. The zero-order valence-electron chi connectivity index (χ0n) is 13.0. The van der Waals surface area contributed by atoms with Crippen LogP contribution in [0, 0.1) is 11.2 Å². The van der Waals surface area contributed by atoms with Crippen LogP contribution in [0.1, 0.15) is 13.8 Å². The third kappa shape index (κ3) is 3.86. The number of anilines is 2. The van der Waals surface area contributed by atoms with Crippen molar-refractivity contribution in [2.45, 2.75) is 13.8 Å². The summed E-state index contributed by atoms with van der Waals surface area (Å²) in [7, 11) is 0. The first-order valence-electron chi connectivity index (χ1n) is 7.05. The van der Waals surface area contributed by atoms with Gasteiger partial charge < -0.3 is 10.6 Å². The molecule has 0 aliphatic heterocycles. The van der Waals surface area contributed by atoms with E-state index in [0.717, 1.165) is 0 Å². The summed E-state index contributed by atoms with van der Waals surface area (Å²) in [5, 5.41) is 5.45. The van der Waals surface area contributed by atoms with Crippen molar-refractivity contribution in [1.29, 1.82) is 0 Å². The molecule has 0 radical (unpaired) electrons. The van der Waals surface area contributed by atoms with Crippen molar-refractivity contribution in [1.82, 2.24) is 0 Å². The number of nitrogens with one attached hydrogen (secondary N) is 2. The quantitative estimate of drug-likeness (QED) is 0.765. The normalized spacial score (nSPS) is 11.0. The average molecular weight is 369 g/mol. The van der Waals surface area contributed by atoms with Crippen LogP contribution in [-0.2, 0) is 9.59 Å². The molecule has 2 amide bonds. The minimum absolute atomic E-state index is 0.000786. The first-order chi connectivity index (χ1) is 11.2. The van der Waals surface area contributed by atoms with Gasteiger partial charge in [-0.3, -0.25) is 9.59 Å². The monoisotopic (exact) mass is 368 g/mol. The van der Waals surface area contributed by atoms with Crippen molar-refractivity contribution >= 4 is 46.4 Å². The maximum atomic E-state index is 13.6. The summed E-state index contributed by atoms with van der Waals surface area (Å²) >= 11 is 12.0. The third-order valence-corrected chi connectivity index (χ3v) is 4.09. The van der Waals surface area contributed by atoms with E-state index >= 15 is 0 Å². The summed E-state index contributed by atoms with van der Waals surface area (Å²) < 4.78 is 13.6. The number of rotatable bonds is 4. The Balaban J connectivity index is 2.18. The highest BCUT2D eigenvalue weighted by Crippen LogP contribution is 2.32. The van der Waals surface area contributed by atoms with Gasteiger partial charge in [0.15, 0.2) is 0 Å². The van der Waals surface area contributed by atoms with E-state index in [-0.39, 0.29) is 21.4 Å². The molecule has 2 aromatic rings. The first kappa shape index (κ1) is 18.2. The van der Waals surface area contributed by atoms with Gasteiger partial charge in [0, 0.05) is 0 Å². The van der Waals surface area contributed by atoms with Crippen molar-refractivity contribution in [2.75, 3.05) is 10.6 Å². The van der Waals surface area contributed by atoms with Crippen LogP contribution in [0.25, 0.3) is 0 Å². The predicted molar refractivity (Wildman–Crippen MR) is 93.9 cm³/mol. The summed E-state index contributed by atoms with van der Waals surface area (Å²) in [5.41, 5.74) is -1.26. The van der Waals surface area contributed by atoms with Gasteiger partial charge in [-0.05, 0) is 38.1 Å². The molecule has 0 aliphatic rings. The Kier molecular flexibility index (Phi) is 5.47. The Hall–Kier alpha value is -2.11. The number of para-hydroxylation sites is 2. The van der Waals surface area contributed by atoms with E-state index in [9.17, 15) is 14.0 Å². The summed E-state index contributed by atoms with van der Waals surface area (Å²) in [6, 6.07) is 10.5. The smallest absolute Gasteiger partial charge is 0.239 e. The SMILES string of the molecule is CC(C)(C(=O)Nc1ccccc1F)C(=O)Nc1c(Cl)cccc1Cl. The topological polar surface area (TPSA) is 58.2 Å². The van der Waals surface area contributed by atoms with Crippen LogP contribution >= 0.6 is 23.2 Å². The van der Waals surface area contributed by atoms with Crippen molar-refractivity contribution in [3.63, 3.8) is 0 Å². The van der Waals surface area contributed by atoms with Gasteiger partial charge in [-0.25, -0.2) is 4.39 Å². The van der Waals surface area contributed by atoms with E-state index in [2.05, 4.69) is 10.6 Å². The van der Waals surface area contributed by atoms with Gasteiger partial charge in [-0.1, -0.05) is 41.4 Å². The average Bonchev–Trinajstić information content (AvgIpc) is 2.53. The Morgan fingerprint density at radius 1 is 0.917 bits per heavy atom. The molecule has 126 valence electrons. The lowest BCUT2D eigenvalue weighted by atomic mass is 9.90. The number of halogens is 3. The number of hydrogen-bond donors (Lipinski definition) is 2. The highest BCUT2D eigenvalue weighted by molar-refractivity contribution is 6.40. The molecule has 0 fully saturated rings. The van der Waals surface area contributed by atoms with E-state index < -0.39 is 23.0 Å². The second-order valence-electron chi connectivity index (χ2n) is 5.61. The number of amides is 2. The van der Waals surface area contributed by atoms with Crippen LogP contribution in [0.4, 0.5) is 15.8 Å². The fourth-order valence-corrected chi connectivity index (χ4v) is 2.32. The van der Waals surface area contributed by atoms with E-state index in [1.165, 1.54) is 32.0 Å². The summed E-state index contributed by atoms with van der Waals surface area (Å²) in [6.07, 6.45) is 0. The molecule has 0 bridgehead atoms. The zero-order chi connectivity index (χ0) is 17.9. The van der Waals surface area contributed by atoms with Crippen LogP contribution < -0.4 is 10.6 Å². The molecule has 0 saturated heterocycles. The van der Waals surface area contributed by atoms with Crippen molar-refractivity contribution < 1.29 is 14.0 Å². The van der Waals surface area contributed by atoms with Crippen LogP contribution in [0.5, 0.6) is 0 Å². The molecule has 0 aromatic heterocycles. The summed E-state index contributed by atoms with van der Waals surface area (Å²) in [6.45, 7) is 2.84. The highest BCUT2D eigenvalue weighted by Gasteiger charge is 2.37. The second-order valence-corrected chi connectivity index (χ2v) is 6.42. The molecular weight excluding hydrogens is 354 g/mol. The lowest BCUT2D eigenvalue weighted by Gasteiger charge is -2.23. The number of benzene rings is 2. The molecule has 0 atom stereocenters. The van der Waals surface area contributed by atoms with Gasteiger partial charge >= 0.3 is 0 Å². The molecule has 2 N–H and O–H groups in total. The van der Waals surface area contributed by atoms with Gasteiger partial charge in [0.05, 0.1) is 21.4 Å². The van der Waals surface area contributed by atoms with Gasteiger partial charge in [-0.15, -0.1) is 0 Å². The molecule has 0 aliphatic carbocycles. The van der Waals surface area contributed by atoms with Crippen LogP contribution in [0.2, 0.25) is 10.0 Å². The Morgan fingerprint density at radius 2 is 1.46 bits per heavy atom. The zero-order valence-corrected chi connectivity index (χ0v) is 14.5. The van der Waals surface area contributed by atoms with Gasteiger partial charge in [0.2, 0.25) is 11.8 Å². The standard InChI is InChI=1S/C17H15Cl2FN2O2/c1-17(2,15(23)21-13-9-4-3-8-12(13)20)16(24)22-14-10(18)6-5-7-11(14)19/h3-9H,1-2H3,(H,21,23)(H,22,24). The molecule has 0 heterocycles. The van der Waals surface area contributed by atoms with Gasteiger partial charge in [0.25, 0.3) is 0 Å². The summed E-state index contributed by atoms with van der Waals surface area (Å²) in [5.74, 6) is -1.86. The Morgan fingerprint density at radius 3 is 2.04 bits per heavy atom. The van der Waals surface area contributed by atoms with Crippen LogP contribution in [0.3, 0.4) is 0 Å². The minimum atomic E-state index is -1.48. The van der Waals surface area contributed by atoms with Crippen molar-refractivity contribution in [2.24, 2.45) is 5.41 Å². The lowest BCUT2D eigenvalue weighted by molar-refractivity contribution is -0.135. The largest absolute Gasteiger partial charge is 0.323 e. The van der Waals surface area contributed by atoms with E-state index in [1.54, 1.807) is 24.3 Å². The Bertz CT molecular complexity index is 774. The molecule has 0 unspecified atom stereocenters. The van der Waals surface area contributed by atoms with Crippen molar-refractivity contribution in [3.05, 3.63) is 58.3 Å². The second kappa shape index (κ2) is 7.20. The van der Waals surface area contributed by atoms with Crippen LogP contribution in [0.15, 0.2) is 42.5 Å². The molecule has 2 aromatic carbocycles. The summed E-state index contributed by atoms with van der Waals surface area (Å²) in [4.78, 5) is 24.9. The number of carbonyl (C=O) groups excluding carboxylic acids is 2. The van der Waals surface area contributed by atoms with Gasteiger partial charge in [-0.2, -0.15) is 0 Å². The van der Waals surface area contributed by atoms with Crippen LogP contribution in [-0.4, -0.2) is 11.8 Å². The molecule has 7 heteroatoms. The molecule has 0 spiro atoms. The highest BCUT2D eigenvalue weighted by atomic mass is 35.5.